The molecule has 8 nitrogen and oxygen atoms in total. The average molecular weight is 346 g/mol. The second-order valence-corrected chi connectivity index (χ2v) is 6.06. The van der Waals surface area contributed by atoms with Crippen molar-refractivity contribution >= 4 is 23.7 Å². The SMILES string of the molecule is O=C(O)CCCOc1ccc2c(c1)C(=O)N(C1CCC(=O)NC1=O)C2. The lowest BCUT2D eigenvalue weighted by molar-refractivity contribution is -0.138. The Labute approximate surface area is 143 Å². The van der Waals surface area contributed by atoms with Gasteiger partial charge < -0.3 is 14.7 Å². The summed E-state index contributed by atoms with van der Waals surface area (Å²) < 4.78 is 5.49. The molecule has 3 amide bonds. The molecule has 0 radical (unpaired) electrons. The van der Waals surface area contributed by atoms with Crippen LogP contribution < -0.4 is 10.1 Å². The molecule has 25 heavy (non-hydrogen) atoms. The van der Waals surface area contributed by atoms with E-state index in [4.69, 9.17) is 9.84 Å². The van der Waals surface area contributed by atoms with Crippen LogP contribution in [0.15, 0.2) is 18.2 Å². The van der Waals surface area contributed by atoms with Crippen LogP contribution in [0.3, 0.4) is 0 Å². The third-order valence-corrected chi connectivity index (χ3v) is 4.30. The largest absolute Gasteiger partial charge is 0.494 e. The zero-order valence-corrected chi connectivity index (χ0v) is 13.5. The number of piperidine rings is 1. The van der Waals surface area contributed by atoms with Crippen molar-refractivity contribution < 1.29 is 29.0 Å². The van der Waals surface area contributed by atoms with E-state index in [-0.39, 0.29) is 31.3 Å². The van der Waals surface area contributed by atoms with Gasteiger partial charge in [0.2, 0.25) is 11.8 Å². The fourth-order valence-corrected chi connectivity index (χ4v) is 3.04. The summed E-state index contributed by atoms with van der Waals surface area (Å²) >= 11 is 0. The summed E-state index contributed by atoms with van der Waals surface area (Å²) in [6.45, 7) is 0.565. The molecule has 1 aromatic rings. The number of nitrogens with one attached hydrogen (secondary N) is 1. The van der Waals surface area contributed by atoms with E-state index in [1.54, 1.807) is 18.2 Å². The van der Waals surface area contributed by atoms with Gasteiger partial charge in [0.05, 0.1) is 6.61 Å². The molecular weight excluding hydrogens is 328 g/mol. The first-order valence-corrected chi connectivity index (χ1v) is 8.08. The number of hydrogen-bond donors (Lipinski definition) is 2. The van der Waals surface area contributed by atoms with Gasteiger partial charge in [0, 0.05) is 24.9 Å². The summed E-state index contributed by atoms with van der Waals surface area (Å²) in [5, 5.41) is 10.9. The van der Waals surface area contributed by atoms with Crippen LogP contribution in [0.2, 0.25) is 0 Å². The number of fused-ring (bicyclic) bond motifs is 1. The van der Waals surface area contributed by atoms with Gasteiger partial charge in [-0.05, 0) is 30.5 Å². The highest BCUT2D eigenvalue weighted by Gasteiger charge is 2.39. The molecule has 132 valence electrons. The van der Waals surface area contributed by atoms with Crippen LogP contribution >= 0.6 is 0 Å². The van der Waals surface area contributed by atoms with E-state index in [1.165, 1.54) is 4.90 Å². The zero-order chi connectivity index (χ0) is 18.0. The van der Waals surface area contributed by atoms with Gasteiger partial charge >= 0.3 is 5.97 Å². The molecule has 2 N–H and O–H groups in total. The van der Waals surface area contributed by atoms with Gasteiger partial charge in [-0.15, -0.1) is 0 Å². The second-order valence-electron chi connectivity index (χ2n) is 6.06. The molecule has 8 heteroatoms. The minimum absolute atomic E-state index is 0.0210. The standard InChI is InChI=1S/C17H18N2O6/c20-14-6-5-13(16(23)18-14)19-9-10-3-4-11(8-12(10)17(19)24)25-7-1-2-15(21)22/h3-4,8,13H,1-2,5-7,9H2,(H,21,22)(H,18,20,23). The monoisotopic (exact) mass is 346 g/mol. The first-order chi connectivity index (χ1) is 12.0. The van der Waals surface area contributed by atoms with Crippen LogP contribution in [-0.2, 0) is 20.9 Å². The first-order valence-electron chi connectivity index (χ1n) is 8.08. The molecule has 2 aliphatic rings. The molecule has 0 bridgehead atoms. The summed E-state index contributed by atoms with van der Waals surface area (Å²) in [7, 11) is 0. The Morgan fingerprint density at radius 2 is 2.12 bits per heavy atom. The number of carboxylic acid groups (broad SMARTS) is 1. The maximum Gasteiger partial charge on any atom is 0.303 e. The number of carbonyl (C=O) groups excluding carboxylic acids is 3. The topological polar surface area (TPSA) is 113 Å². The number of benzene rings is 1. The van der Waals surface area contributed by atoms with Crippen molar-refractivity contribution in [3.05, 3.63) is 29.3 Å². The number of hydrogen-bond acceptors (Lipinski definition) is 5. The van der Waals surface area contributed by atoms with Crippen LogP contribution in [-0.4, -0.2) is 46.3 Å². The number of imide groups is 1. The molecule has 1 fully saturated rings. The lowest BCUT2D eigenvalue weighted by Gasteiger charge is -2.29. The number of rotatable bonds is 6. The maximum atomic E-state index is 12.6. The molecule has 1 saturated heterocycles. The summed E-state index contributed by atoms with van der Waals surface area (Å²) in [6.07, 6.45) is 0.938. The lowest BCUT2D eigenvalue weighted by atomic mass is 10.0. The Morgan fingerprint density at radius 3 is 2.84 bits per heavy atom. The molecule has 0 aromatic heterocycles. The highest BCUT2D eigenvalue weighted by molar-refractivity contribution is 6.05. The Kier molecular flexibility index (Phi) is 4.69. The first kappa shape index (κ1) is 16.9. The third kappa shape index (κ3) is 3.62. The summed E-state index contributed by atoms with van der Waals surface area (Å²) in [4.78, 5) is 47.8. The minimum atomic E-state index is -0.882. The van der Waals surface area contributed by atoms with Crippen LogP contribution in [0.1, 0.15) is 41.6 Å². The molecule has 2 heterocycles. The van der Waals surface area contributed by atoms with Crippen LogP contribution in [0.25, 0.3) is 0 Å². The normalized spacial score (nSPS) is 19.6. The Balaban J connectivity index is 1.66. The fourth-order valence-electron chi connectivity index (χ4n) is 3.04. The summed E-state index contributed by atoms with van der Waals surface area (Å²) in [5.41, 5.74) is 1.27. The van der Waals surface area contributed by atoms with E-state index in [2.05, 4.69) is 5.32 Å². The van der Waals surface area contributed by atoms with E-state index in [9.17, 15) is 19.2 Å². The third-order valence-electron chi connectivity index (χ3n) is 4.30. The predicted octanol–water partition coefficient (Wildman–Crippen LogP) is 0.691. The van der Waals surface area contributed by atoms with Crippen molar-refractivity contribution in [3.63, 3.8) is 0 Å². The molecule has 0 saturated carbocycles. The number of carbonyl (C=O) groups is 4. The van der Waals surface area contributed by atoms with Crippen LogP contribution in [0.5, 0.6) is 5.75 Å². The van der Waals surface area contributed by atoms with E-state index in [0.29, 0.717) is 30.7 Å². The lowest BCUT2D eigenvalue weighted by Crippen LogP contribution is -2.52. The Morgan fingerprint density at radius 1 is 1.32 bits per heavy atom. The van der Waals surface area contributed by atoms with Crippen LogP contribution in [0, 0.1) is 0 Å². The van der Waals surface area contributed by atoms with Gasteiger partial charge in [0.15, 0.2) is 0 Å². The van der Waals surface area contributed by atoms with Crippen molar-refractivity contribution in [3.8, 4) is 5.75 Å². The Hall–Kier alpha value is -2.90. The fraction of sp³-hybridized carbons (Fsp3) is 0.412. The second kappa shape index (κ2) is 6.92. The van der Waals surface area contributed by atoms with Gasteiger partial charge in [-0.1, -0.05) is 6.07 Å². The molecule has 1 atom stereocenters. The van der Waals surface area contributed by atoms with Crippen molar-refractivity contribution in [2.24, 2.45) is 0 Å². The molecule has 3 rings (SSSR count). The molecule has 1 unspecified atom stereocenters. The van der Waals surface area contributed by atoms with E-state index >= 15 is 0 Å². The maximum absolute atomic E-state index is 12.6. The smallest absolute Gasteiger partial charge is 0.303 e. The van der Waals surface area contributed by atoms with Gasteiger partial charge in [-0.25, -0.2) is 0 Å². The molecular formula is C17H18N2O6. The number of aliphatic carboxylic acids is 1. The minimum Gasteiger partial charge on any atom is -0.494 e. The highest BCUT2D eigenvalue weighted by Crippen LogP contribution is 2.30. The van der Waals surface area contributed by atoms with Gasteiger partial charge in [0.25, 0.3) is 5.91 Å². The number of amides is 3. The number of nitrogens with zero attached hydrogens (tertiary/aromatic N) is 1. The number of ether oxygens (including phenoxy) is 1. The van der Waals surface area contributed by atoms with Gasteiger partial charge in [-0.2, -0.15) is 0 Å². The zero-order valence-electron chi connectivity index (χ0n) is 13.5. The predicted molar refractivity (Wildman–Crippen MR) is 84.9 cm³/mol. The summed E-state index contributed by atoms with van der Waals surface area (Å²) in [5.74, 6) is -1.42. The van der Waals surface area contributed by atoms with Gasteiger partial charge in [-0.3, -0.25) is 24.5 Å². The Bertz CT molecular complexity index is 745. The van der Waals surface area contributed by atoms with E-state index < -0.39 is 17.9 Å². The highest BCUT2D eigenvalue weighted by atomic mass is 16.5. The average Bonchev–Trinajstić information content (AvgIpc) is 2.88. The molecule has 0 spiro atoms. The van der Waals surface area contributed by atoms with E-state index in [1.807, 2.05) is 0 Å². The molecule has 0 aliphatic carbocycles. The van der Waals surface area contributed by atoms with Gasteiger partial charge in [0.1, 0.15) is 11.8 Å². The van der Waals surface area contributed by atoms with Crippen molar-refractivity contribution in [1.29, 1.82) is 0 Å². The van der Waals surface area contributed by atoms with Crippen molar-refractivity contribution in [2.75, 3.05) is 6.61 Å². The molecule has 1 aromatic carbocycles. The molecule has 2 aliphatic heterocycles. The van der Waals surface area contributed by atoms with E-state index in [0.717, 1.165) is 5.56 Å². The number of carboxylic acids is 1. The van der Waals surface area contributed by atoms with Crippen molar-refractivity contribution in [1.82, 2.24) is 10.2 Å². The quantitative estimate of drug-likeness (QED) is 0.579. The summed E-state index contributed by atoms with van der Waals surface area (Å²) in [6, 6.07) is 4.47. The van der Waals surface area contributed by atoms with Crippen LogP contribution in [0.4, 0.5) is 0 Å². The van der Waals surface area contributed by atoms with Crippen molar-refractivity contribution in [2.45, 2.75) is 38.3 Å².